The molecule has 1 aromatic carbocycles. The number of nitro groups is 1. The fourth-order valence-corrected chi connectivity index (χ4v) is 2.46. The van der Waals surface area contributed by atoms with Crippen LogP contribution in [0.15, 0.2) is 23.1 Å². The molecule has 0 saturated carbocycles. The van der Waals surface area contributed by atoms with Crippen molar-refractivity contribution in [2.45, 2.75) is 30.7 Å². The molecule has 0 aliphatic carbocycles. The van der Waals surface area contributed by atoms with E-state index in [0.717, 1.165) is 12.3 Å². The summed E-state index contributed by atoms with van der Waals surface area (Å²) in [7, 11) is -1.67. The molecule has 6 nitrogen and oxygen atoms in total. The molecule has 0 saturated heterocycles. The molecule has 0 amide bonds. The Morgan fingerprint density at radius 1 is 1.32 bits per heavy atom. The highest BCUT2D eigenvalue weighted by molar-refractivity contribution is 7.90. The lowest BCUT2D eigenvalue weighted by Gasteiger charge is -2.19. The molecule has 1 aromatic rings. The van der Waals surface area contributed by atoms with Gasteiger partial charge in [0.2, 0.25) is 0 Å². The Bertz CT molecular complexity index is 583. The number of nitrogens with zero attached hydrogens (tertiary/aromatic N) is 1. The van der Waals surface area contributed by atoms with Gasteiger partial charge in [-0.1, -0.05) is 13.0 Å². The van der Waals surface area contributed by atoms with E-state index in [2.05, 4.69) is 5.32 Å². The summed E-state index contributed by atoms with van der Waals surface area (Å²) in [4.78, 5) is 10.5. The standard InChI is InChI=1S/C12H18N2O4S/c1-8(9(2)13-3)11-6-5-10(19(4,17)18)7-12(11)14(15)16/h5-9,13H,1-4H3. The van der Waals surface area contributed by atoms with Crippen LogP contribution < -0.4 is 5.32 Å². The first-order valence-electron chi connectivity index (χ1n) is 5.84. The minimum atomic E-state index is -3.45. The lowest BCUT2D eigenvalue weighted by molar-refractivity contribution is -0.386. The molecule has 0 heterocycles. The second-order valence-electron chi connectivity index (χ2n) is 4.62. The van der Waals surface area contributed by atoms with Gasteiger partial charge in [-0.2, -0.15) is 0 Å². The van der Waals surface area contributed by atoms with Crippen LogP contribution >= 0.6 is 0 Å². The second-order valence-corrected chi connectivity index (χ2v) is 6.63. The van der Waals surface area contributed by atoms with E-state index in [0.29, 0.717) is 5.56 Å². The molecule has 2 atom stereocenters. The van der Waals surface area contributed by atoms with Gasteiger partial charge in [-0.15, -0.1) is 0 Å². The van der Waals surface area contributed by atoms with E-state index in [1.807, 2.05) is 13.8 Å². The van der Waals surface area contributed by atoms with Crippen LogP contribution in [0.3, 0.4) is 0 Å². The fraction of sp³-hybridized carbons (Fsp3) is 0.500. The molecule has 0 fully saturated rings. The molecule has 0 aliphatic heterocycles. The van der Waals surface area contributed by atoms with E-state index in [9.17, 15) is 18.5 Å². The second kappa shape index (κ2) is 5.66. The molecular weight excluding hydrogens is 268 g/mol. The molecule has 0 aromatic heterocycles. The highest BCUT2D eigenvalue weighted by Gasteiger charge is 2.24. The Balaban J connectivity index is 3.39. The lowest BCUT2D eigenvalue weighted by Crippen LogP contribution is -2.27. The summed E-state index contributed by atoms with van der Waals surface area (Å²) in [5.41, 5.74) is 0.372. The van der Waals surface area contributed by atoms with Crippen LogP contribution in [0, 0.1) is 10.1 Å². The van der Waals surface area contributed by atoms with E-state index in [-0.39, 0.29) is 22.5 Å². The number of nitrogens with one attached hydrogen (secondary N) is 1. The Kier molecular flexibility index (Phi) is 4.65. The van der Waals surface area contributed by atoms with Crippen molar-refractivity contribution in [1.29, 1.82) is 0 Å². The van der Waals surface area contributed by atoms with Crippen LogP contribution in [-0.2, 0) is 9.84 Å². The topological polar surface area (TPSA) is 89.3 Å². The van der Waals surface area contributed by atoms with Crippen molar-refractivity contribution in [2.75, 3.05) is 13.3 Å². The molecule has 19 heavy (non-hydrogen) atoms. The average molecular weight is 286 g/mol. The van der Waals surface area contributed by atoms with Crippen LogP contribution in [0.4, 0.5) is 5.69 Å². The highest BCUT2D eigenvalue weighted by atomic mass is 32.2. The molecular formula is C12H18N2O4S. The highest BCUT2D eigenvalue weighted by Crippen LogP contribution is 2.30. The van der Waals surface area contributed by atoms with E-state index >= 15 is 0 Å². The average Bonchev–Trinajstić information content (AvgIpc) is 2.35. The zero-order valence-electron chi connectivity index (χ0n) is 11.4. The summed E-state index contributed by atoms with van der Waals surface area (Å²) >= 11 is 0. The molecule has 0 bridgehead atoms. The van der Waals surface area contributed by atoms with Gasteiger partial charge in [-0.3, -0.25) is 10.1 Å². The van der Waals surface area contributed by atoms with Crippen molar-refractivity contribution in [3.8, 4) is 0 Å². The number of rotatable bonds is 5. The predicted molar refractivity (Wildman–Crippen MR) is 73.1 cm³/mol. The molecule has 0 radical (unpaired) electrons. The van der Waals surface area contributed by atoms with Gasteiger partial charge in [-0.25, -0.2) is 8.42 Å². The van der Waals surface area contributed by atoms with Crippen molar-refractivity contribution in [2.24, 2.45) is 0 Å². The maximum Gasteiger partial charge on any atom is 0.274 e. The first-order chi connectivity index (χ1) is 8.68. The van der Waals surface area contributed by atoms with Gasteiger partial charge in [0.15, 0.2) is 9.84 Å². The molecule has 1 N–H and O–H groups in total. The predicted octanol–water partition coefficient (Wildman–Crippen LogP) is 1.71. The SMILES string of the molecule is CNC(C)C(C)c1ccc(S(C)(=O)=O)cc1[N+](=O)[O-]. The van der Waals surface area contributed by atoms with Crippen LogP contribution in [0.5, 0.6) is 0 Å². The Labute approximate surface area is 112 Å². The van der Waals surface area contributed by atoms with E-state index < -0.39 is 14.8 Å². The number of benzene rings is 1. The van der Waals surface area contributed by atoms with Crippen LogP contribution in [0.1, 0.15) is 25.3 Å². The first-order valence-corrected chi connectivity index (χ1v) is 7.73. The van der Waals surface area contributed by atoms with Crippen molar-refractivity contribution < 1.29 is 13.3 Å². The molecule has 0 spiro atoms. The normalized spacial score (nSPS) is 14.9. The number of sulfone groups is 1. The Hall–Kier alpha value is -1.47. The summed E-state index contributed by atoms with van der Waals surface area (Å²) in [6.07, 6.45) is 1.03. The lowest BCUT2D eigenvalue weighted by atomic mass is 9.93. The zero-order valence-corrected chi connectivity index (χ0v) is 12.2. The number of hydrogen-bond donors (Lipinski definition) is 1. The monoisotopic (exact) mass is 286 g/mol. The van der Waals surface area contributed by atoms with Gasteiger partial charge in [0.25, 0.3) is 5.69 Å². The minimum absolute atomic E-state index is 0.0349. The fourth-order valence-electron chi connectivity index (χ4n) is 1.82. The van der Waals surface area contributed by atoms with E-state index in [1.165, 1.54) is 12.1 Å². The molecule has 0 aliphatic rings. The van der Waals surface area contributed by atoms with Gasteiger partial charge < -0.3 is 5.32 Å². The Morgan fingerprint density at radius 2 is 1.89 bits per heavy atom. The van der Waals surface area contributed by atoms with E-state index in [4.69, 9.17) is 0 Å². The van der Waals surface area contributed by atoms with Crippen LogP contribution in [0.25, 0.3) is 0 Å². The van der Waals surface area contributed by atoms with Gasteiger partial charge in [0.1, 0.15) is 0 Å². The van der Waals surface area contributed by atoms with Gasteiger partial charge in [-0.05, 0) is 20.0 Å². The quantitative estimate of drug-likeness (QED) is 0.657. The third kappa shape index (κ3) is 3.51. The molecule has 106 valence electrons. The number of nitro benzene ring substituents is 1. The van der Waals surface area contributed by atoms with Crippen LogP contribution in [0.2, 0.25) is 0 Å². The Morgan fingerprint density at radius 3 is 2.32 bits per heavy atom. The smallest absolute Gasteiger partial charge is 0.274 e. The summed E-state index contributed by atoms with van der Waals surface area (Å²) < 4.78 is 22.9. The molecule has 1 rings (SSSR count). The summed E-state index contributed by atoms with van der Waals surface area (Å²) in [6.45, 7) is 3.78. The van der Waals surface area contributed by atoms with Crippen molar-refractivity contribution in [3.63, 3.8) is 0 Å². The largest absolute Gasteiger partial charge is 0.317 e. The van der Waals surface area contributed by atoms with Gasteiger partial charge in [0, 0.05) is 29.8 Å². The summed E-state index contributed by atoms with van der Waals surface area (Å²) in [5.74, 6) is -0.0981. The minimum Gasteiger partial charge on any atom is -0.317 e. The molecule has 7 heteroatoms. The number of hydrogen-bond acceptors (Lipinski definition) is 5. The van der Waals surface area contributed by atoms with Gasteiger partial charge >= 0.3 is 0 Å². The van der Waals surface area contributed by atoms with Crippen molar-refractivity contribution in [1.82, 2.24) is 5.32 Å². The summed E-state index contributed by atoms with van der Waals surface area (Å²) in [5, 5.41) is 14.1. The van der Waals surface area contributed by atoms with Crippen molar-refractivity contribution in [3.05, 3.63) is 33.9 Å². The van der Waals surface area contributed by atoms with Gasteiger partial charge in [0.05, 0.1) is 9.82 Å². The number of likely N-dealkylation sites (N-methyl/N-ethyl adjacent to an activating group) is 1. The maximum atomic E-state index is 11.4. The summed E-state index contributed by atoms with van der Waals surface area (Å²) in [6, 6.07) is 4.11. The maximum absolute atomic E-state index is 11.4. The molecule has 2 unspecified atom stereocenters. The van der Waals surface area contributed by atoms with Crippen molar-refractivity contribution >= 4 is 15.5 Å². The first kappa shape index (κ1) is 15.6. The third-order valence-electron chi connectivity index (χ3n) is 3.32. The third-order valence-corrected chi connectivity index (χ3v) is 4.43. The van der Waals surface area contributed by atoms with E-state index in [1.54, 1.807) is 7.05 Å². The van der Waals surface area contributed by atoms with Crippen LogP contribution in [-0.4, -0.2) is 32.7 Å². The zero-order chi connectivity index (χ0) is 14.8.